The van der Waals surface area contributed by atoms with Crippen molar-refractivity contribution in [3.8, 4) is 0 Å². The Morgan fingerprint density at radius 1 is 0.508 bits per heavy atom. The van der Waals surface area contributed by atoms with Crippen LogP contribution in [0.5, 0.6) is 0 Å². The van der Waals surface area contributed by atoms with Crippen LogP contribution in [0.25, 0.3) is 0 Å². The van der Waals surface area contributed by atoms with E-state index in [1.807, 2.05) is 0 Å². The van der Waals surface area contributed by atoms with Crippen molar-refractivity contribution in [3.05, 3.63) is 60.8 Å². The summed E-state index contributed by atoms with van der Waals surface area (Å²) in [5, 5.41) is 40.3. The Kier molecular flexibility index (Phi) is 44.0. The van der Waals surface area contributed by atoms with Crippen molar-refractivity contribution < 1.29 is 44.2 Å². The van der Waals surface area contributed by atoms with E-state index in [-0.39, 0.29) is 19.2 Å². The summed E-state index contributed by atoms with van der Waals surface area (Å²) >= 11 is 0. The Balaban J connectivity index is 2.18. The average molecular weight is 917 g/mol. The number of carbonyl (C=O) groups excluding carboxylic acids is 1. The smallest absolute Gasteiger partial charge is 0.306 e. The standard InChI is InChI=1S/C56H100O9/c1-3-5-7-9-11-13-15-17-19-21-22-23-24-25-26-27-28-29-31-33-35-37-39-41-43-45-52(58)64-50(49-63-56-55(61)54(60)53(59)51(47-57)65-56)48-62-46-44-42-40-38-36-34-32-30-20-18-16-14-12-10-8-6-4-2/h5,7,11,13,17,19-20,22-23,30,50-51,53-57,59-61H,3-4,6,8-10,12,14-16,18,21,24-29,31-49H2,1-2H3/b7-5-,13-11-,19-17-,23-22-,30-20-. The van der Waals surface area contributed by atoms with E-state index in [0.717, 1.165) is 57.8 Å². The van der Waals surface area contributed by atoms with Crippen molar-refractivity contribution in [3.63, 3.8) is 0 Å². The maximum absolute atomic E-state index is 12.9. The minimum Gasteiger partial charge on any atom is -0.457 e. The summed E-state index contributed by atoms with van der Waals surface area (Å²) in [7, 11) is 0. The Bertz CT molecular complexity index is 1180. The minimum absolute atomic E-state index is 0.117. The number of hydrogen-bond acceptors (Lipinski definition) is 9. The Morgan fingerprint density at radius 3 is 1.43 bits per heavy atom. The summed E-state index contributed by atoms with van der Waals surface area (Å²) in [6, 6.07) is 0. The molecule has 0 bridgehead atoms. The molecule has 6 unspecified atom stereocenters. The molecule has 0 aliphatic carbocycles. The van der Waals surface area contributed by atoms with Gasteiger partial charge in [0.15, 0.2) is 6.29 Å². The molecule has 0 aromatic carbocycles. The summed E-state index contributed by atoms with van der Waals surface area (Å²) in [5.74, 6) is -0.317. The van der Waals surface area contributed by atoms with Gasteiger partial charge in [0.1, 0.15) is 30.5 Å². The second-order valence-electron chi connectivity index (χ2n) is 18.3. The highest BCUT2D eigenvalue weighted by Crippen LogP contribution is 2.23. The molecular weight excluding hydrogens is 817 g/mol. The van der Waals surface area contributed by atoms with Crippen LogP contribution in [0.3, 0.4) is 0 Å². The number of allylic oxidation sites excluding steroid dienone is 10. The molecule has 1 rings (SSSR count). The van der Waals surface area contributed by atoms with Crippen molar-refractivity contribution in [1.82, 2.24) is 0 Å². The lowest BCUT2D eigenvalue weighted by Crippen LogP contribution is -2.59. The Labute approximate surface area is 398 Å². The molecule has 0 aromatic rings. The van der Waals surface area contributed by atoms with Gasteiger partial charge in [-0.15, -0.1) is 0 Å². The predicted octanol–water partition coefficient (Wildman–Crippen LogP) is 13.4. The lowest BCUT2D eigenvalue weighted by molar-refractivity contribution is -0.305. The van der Waals surface area contributed by atoms with Crippen molar-refractivity contribution in [2.24, 2.45) is 0 Å². The molecule has 65 heavy (non-hydrogen) atoms. The van der Waals surface area contributed by atoms with Gasteiger partial charge < -0.3 is 39.4 Å². The van der Waals surface area contributed by atoms with Crippen LogP contribution in [-0.4, -0.2) is 89.6 Å². The third kappa shape index (κ3) is 37.5. The van der Waals surface area contributed by atoms with Gasteiger partial charge in [0, 0.05) is 13.0 Å². The number of carbonyl (C=O) groups is 1. The van der Waals surface area contributed by atoms with Crippen LogP contribution < -0.4 is 0 Å². The average Bonchev–Trinajstić information content (AvgIpc) is 3.31. The van der Waals surface area contributed by atoms with Gasteiger partial charge in [-0.3, -0.25) is 4.79 Å². The van der Waals surface area contributed by atoms with Crippen LogP contribution >= 0.6 is 0 Å². The van der Waals surface area contributed by atoms with E-state index in [2.05, 4.69) is 74.6 Å². The highest BCUT2D eigenvalue weighted by Gasteiger charge is 2.44. The first-order chi connectivity index (χ1) is 31.9. The van der Waals surface area contributed by atoms with Crippen LogP contribution in [0.1, 0.15) is 226 Å². The normalized spacial score (nSPS) is 19.9. The second kappa shape index (κ2) is 47.0. The molecule has 1 heterocycles. The van der Waals surface area contributed by atoms with Gasteiger partial charge in [-0.25, -0.2) is 0 Å². The van der Waals surface area contributed by atoms with E-state index >= 15 is 0 Å². The summed E-state index contributed by atoms with van der Waals surface area (Å²) in [5.41, 5.74) is 0. The van der Waals surface area contributed by atoms with Crippen molar-refractivity contribution >= 4 is 5.97 Å². The van der Waals surface area contributed by atoms with Gasteiger partial charge in [0.05, 0.1) is 19.8 Å². The number of aliphatic hydroxyl groups is 4. The lowest BCUT2D eigenvalue weighted by atomic mass is 9.99. The fraction of sp³-hybridized carbons (Fsp3) is 0.804. The third-order valence-electron chi connectivity index (χ3n) is 12.2. The fourth-order valence-corrected chi connectivity index (χ4v) is 8.01. The summed E-state index contributed by atoms with van der Waals surface area (Å²) in [4.78, 5) is 12.9. The van der Waals surface area contributed by atoms with Gasteiger partial charge >= 0.3 is 5.97 Å². The molecule has 6 atom stereocenters. The molecule has 1 aliphatic heterocycles. The summed E-state index contributed by atoms with van der Waals surface area (Å²) in [6.07, 6.45) is 54.0. The first-order valence-electron chi connectivity index (χ1n) is 26.9. The van der Waals surface area contributed by atoms with E-state index in [1.165, 1.54) is 148 Å². The molecule has 9 heteroatoms. The van der Waals surface area contributed by atoms with Gasteiger partial charge in [0.2, 0.25) is 0 Å². The number of ether oxygens (including phenoxy) is 4. The molecular formula is C56H100O9. The molecule has 0 saturated carbocycles. The van der Waals surface area contributed by atoms with E-state index in [1.54, 1.807) is 0 Å². The second-order valence-corrected chi connectivity index (χ2v) is 18.3. The highest BCUT2D eigenvalue weighted by atomic mass is 16.7. The number of aliphatic hydroxyl groups excluding tert-OH is 4. The molecule has 1 fully saturated rings. The molecule has 4 N–H and O–H groups in total. The molecule has 378 valence electrons. The Morgan fingerprint density at radius 2 is 0.938 bits per heavy atom. The van der Waals surface area contributed by atoms with Gasteiger partial charge in [-0.1, -0.05) is 203 Å². The maximum Gasteiger partial charge on any atom is 0.306 e. The molecule has 9 nitrogen and oxygen atoms in total. The van der Waals surface area contributed by atoms with E-state index in [4.69, 9.17) is 18.9 Å². The largest absolute Gasteiger partial charge is 0.457 e. The molecule has 0 aromatic heterocycles. The zero-order valence-electron chi connectivity index (χ0n) is 41.7. The molecule has 0 amide bonds. The molecule has 1 saturated heterocycles. The van der Waals surface area contributed by atoms with Gasteiger partial charge in [-0.05, 0) is 77.0 Å². The van der Waals surface area contributed by atoms with Crippen LogP contribution in [-0.2, 0) is 23.7 Å². The van der Waals surface area contributed by atoms with Gasteiger partial charge in [0.25, 0.3) is 0 Å². The summed E-state index contributed by atoms with van der Waals surface area (Å²) in [6.45, 7) is 4.45. The maximum atomic E-state index is 12.9. The monoisotopic (exact) mass is 917 g/mol. The van der Waals surface area contributed by atoms with E-state index in [9.17, 15) is 25.2 Å². The van der Waals surface area contributed by atoms with Crippen molar-refractivity contribution in [1.29, 1.82) is 0 Å². The quantitative estimate of drug-likeness (QED) is 0.0267. The Hall–Kier alpha value is -2.11. The predicted molar refractivity (Wildman–Crippen MR) is 270 cm³/mol. The van der Waals surface area contributed by atoms with Crippen LogP contribution in [0, 0.1) is 0 Å². The van der Waals surface area contributed by atoms with Crippen molar-refractivity contribution in [2.45, 2.75) is 263 Å². The number of hydrogen-bond donors (Lipinski definition) is 4. The van der Waals surface area contributed by atoms with E-state index < -0.39 is 43.4 Å². The fourth-order valence-electron chi connectivity index (χ4n) is 8.01. The molecule has 0 spiro atoms. The SMILES string of the molecule is CC/C=C\C/C=C\C/C=C\C/C=C\CCCCCCCCCCCCCCC(=O)OC(COCCCCCCCC/C=C\CCCCCCCCC)COC1OC(CO)C(O)C(O)C1O. The zero-order chi connectivity index (χ0) is 47.1. The molecule has 0 radical (unpaired) electrons. The first-order valence-corrected chi connectivity index (χ1v) is 26.9. The third-order valence-corrected chi connectivity index (χ3v) is 12.2. The van der Waals surface area contributed by atoms with Crippen LogP contribution in [0.2, 0.25) is 0 Å². The number of rotatable bonds is 46. The highest BCUT2D eigenvalue weighted by molar-refractivity contribution is 5.69. The first kappa shape index (κ1) is 60.9. The molecule has 1 aliphatic rings. The van der Waals surface area contributed by atoms with Crippen molar-refractivity contribution in [2.75, 3.05) is 26.4 Å². The minimum atomic E-state index is -1.54. The number of esters is 1. The lowest BCUT2D eigenvalue weighted by Gasteiger charge is -2.39. The van der Waals surface area contributed by atoms with Crippen LogP contribution in [0.15, 0.2) is 60.8 Å². The zero-order valence-corrected chi connectivity index (χ0v) is 41.7. The van der Waals surface area contributed by atoms with E-state index in [0.29, 0.717) is 13.0 Å². The van der Waals surface area contributed by atoms with Gasteiger partial charge in [-0.2, -0.15) is 0 Å². The topological polar surface area (TPSA) is 135 Å². The summed E-state index contributed by atoms with van der Waals surface area (Å²) < 4.78 is 22.9. The van der Waals surface area contributed by atoms with Crippen LogP contribution in [0.4, 0.5) is 0 Å². The number of unbranched alkanes of at least 4 members (excludes halogenated alkanes) is 25.